The van der Waals surface area contributed by atoms with Crippen LogP contribution < -0.4 is 10.6 Å². The van der Waals surface area contributed by atoms with Gasteiger partial charge in [0.05, 0.1) is 11.3 Å². The Balaban J connectivity index is 2.04. The summed E-state index contributed by atoms with van der Waals surface area (Å²) in [5, 5.41) is 6.10. The summed E-state index contributed by atoms with van der Waals surface area (Å²) >= 11 is 0. The lowest BCUT2D eigenvalue weighted by Crippen LogP contribution is -2.28. The van der Waals surface area contributed by atoms with E-state index in [1.165, 1.54) is 0 Å². The average molecular weight is 275 g/mol. The van der Waals surface area contributed by atoms with Crippen LogP contribution >= 0.6 is 0 Å². The van der Waals surface area contributed by atoms with Crippen molar-refractivity contribution in [3.05, 3.63) is 23.5 Å². The maximum Gasteiger partial charge on any atom is 0.254 e. The predicted octanol–water partition coefficient (Wildman–Crippen LogP) is 2.84. The highest BCUT2D eigenvalue weighted by Crippen LogP contribution is 2.67. The van der Waals surface area contributed by atoms with Gasteiger partial charge in [-0.3, -0.25) is 9.78 Å². The molecule has 0 saturated heterocycles. The zero-order chi connectivity index (χ0) is 15.1. The standard InChI is InChI=1S/C16H25N3O/c1-10-7-12(17-6)11(8-18-10)14(20)19-9-13-15(2,3)16(13,4)5/h7-8,13H,9H2,1-6H3,(H,17,18)(H,19,20). The topological polar surface area (TPSA) is 54.0 Å². The largest absolute Gasteiger partial charge is 0.387 e. The van der Waals surface area contributed by atoms with Crippen molar-refractivity contribution in [3.8, 4) is 0 Å². The Bertz CT molecular complexity index is 521. The molecular weight excluding hydrogens is 250 g/mol. The number of nitrogens with zero attached hydrogens (tertiary/aromatic N) is 1. The number of anilines is 1. The molecule has 1 aromatic rings. The number of hydrogen-bond acceptors (Lipinski definition) is 3. The van der Waals surface area contributed by atoms with Gasteiger partial charge in [0, 0.05) is 25.5 Å². The molecular formula is C16H25N3O. The third-order valence-corrected chi connectivity index (χ3v) is 5.34. The summed E-state index contributed by atoms with van der Waals surface area (Å²) < 4.78 is 0. The Morgan fingerprint density at radius 2 is 1.90 bits per heavy atom. The molecule has 1 saturated carbocycles. The van der Waals surface area contributed by atoms with Gasteiger partial charge in [-0.15, -0.1) is 0 Å². The van der Waals surface area contributed by atoms with E-state index in [1.54, 1.807) is 6.20 Å². The maximum atomic E-state index is 12.3. The normalized spacial score (nSPS) is 19.5. The number of hydrogen-bond donors (Lipinski definition) is 2. The third-order valence-electron chi connectivity index (χ3n) is 5.34. The number of aromatic nitrogens is 1. The van der Waals surface area contributed by atoms with Gasteiger partial charge in [-0.25, -0.2) is 0 Å². The first-order valence-electron chi connectivity index (χ1n) is 7.14. The van der Waals surface area contributed by atoms with Crippen molar-refractivity contribution in [2.45, 2.75) is 34.6 Å². The first kappa shape index (κ1) is 14.8. The quantitative estimate of drug-likeness (QED) is 0.888. The fourth-order valence-corrected chi connectivity index (χ4v) is 3.08. The van der Waals surface area contributed by atoms with Gasteiger partial charge in [0.2, 0.25) is 0 Å². The summed E-state index contributed by atoms with van der Waals surface area (Å²) in [4.78, 5) is 16.5. The smallest absolute Gasteiger partial charge is 0.254 e. The molecule has 0 bridgehead atoms. The van der Waals surface area contributed by atoms with Crippen molar-refractivity contribution in [2.75, 3.05) is 18.9 Å². The SMILES string of the molecule is CNc1cc(C)ncc1C(=O)NCC1C(C)(C)C1(C)C. The molecule has 1 aliphatic rings. The lowest BCUT2D eigenvalue weighted by Gasteiger charge is -2.11. The molecule has 1 fully saturated rings. The summed E-state index contributed by atoms with van der Waals surface area (Å²) in [6, 6.07) is 1.89. The van der Waals surface area contributed by atoms with Crippen LogP contribution in [0, 0.1) is 23.7 Å². The highest BCUT2D eigenvalue weighted by Gasteiger charge is 2.64. The second kappa shape index (κ2) is 4.76. The average Bonchev–Trinajstić information content (AvgIpc) is 2.76. The van der Waals surface area contributed by atoms with Crippen LogP contribution in [-0.2, 0) is 0 Å². The number of pyridine rings is 1. The molecule has 110 valence electrons. The summed E-state index contributed by atoms with van der Waals surface area (Å²) in [7, 11) is 1.82. The van der Waals surface area contributed by atoms with Crippen LogP contribution in [0.15, 0.2) is 12.3 Å². The Labute approximate surface area is 121 Å². The number of nitrogens with one attached hydrogen (secondary N) is 2. The van der Waals surface area contributed by atoms with E-state index in [4.69, 9.17) is 0 Å². The lowest BCUT2D eigenvalue weighted by atomic mass is 10.0. The van der Waals surface area contributed by atoms with E-state index in [2.05, 4.69) is 43.3 Å². The molecule has 2 rings (SSSR count). The van der Waals surface area contributed by atoms with Crippen molar-refractivity contribution in [2.24, 2.45) is 16.7 Å². The number of rotatable bonds is 4. The highest BCUT2D eigenvalue weighted by atomic mass is 16.1. The van der Waals surface area contributed by atoms with Crippen molar-refractivity contribution >= 4 is 11.6 Å². The molecule has 0 aliphatic heterocycles. The molecule has 0 aromatic carbocycles. The van der Waals surface area contributed by atoms with Crippen LogP contribution in [0.2, 0.25) is 0 Å². The monoisotopic (exact) mass is 275 g/mol. The predicted molar refractivity (Wildman–Crippen MR) is 81.9 cm³/mol. The molecule has 20 heavy (non-hydrogen) atoms. The Kier molecular flexibility index (Phi) is 3.53. The van der Waals surface area contributed by atoms with Crippen molar-refractivity contribution in [3.63, 3.8) is 0 Å². The van der Waals surface area contributed by atoms with Crippen LogP contribution in [0.4, 0.5) is 5.69 Å². The van der Waals surface area contributed by atoms with E-state index in [0.29, 0.717) is 11.5 Å². The molecule has 0 radical (unpaired) electrons. The number of aryl methyl sites for hydroxylation is 1. The Morgan fingerprint density at radius 1 is 1.30 bits per heavy atom. The summed E-state index contributed by atoms with van der Waals surface area (Å²) in [6.07, 6.45) is 1.64. The van der Waals surface area contributed by atoms with Gasteiger partial charge in [0.15, 0.2) is 0 Å². The zero-order valence-electron chi connectivity index (χ0n) is 13.3. The second-order valence-electron chi connectivity index (χ2n) is 6.83. The lowest BCUT2D eigenvalue weighted by molar-refractivity contribution is 0.0950. The summed E-state index contributed by atoms with van der Waals surface area (Å²) in [5.74, 6) is 0.468. The van der Waals surface area contributed by atoms with Gasteiger partial charge >= 0.3 is 0 Å². The van der Waals surface area contributed by atoms with Gasteiger partial charge < -0.3 is 10.6 Å². The molecule has 1 amide bonds. The van der Waals surface area contributed by atoms with Gasteiger partial charge in [0.25, 0.3) is 5.91 Å². The van der Waals surface area contributed by atoms with E-state index in [0.717, 1.165) is 17.9 Å². The number of amides is 1. The highest BCUT2D eigenvalue weighted by molar-refractivity contribution is 5.99. The Morgan fingerprint density at radius 3 is 2.40 bits per heavy atom. The second-order valence-corrected chi connectivity index (χ2v) is 6.83. The minimum absolute atomic E-state index is 0.0552. The number of carbonyl (C=O) groups is 1. The molecule has 0 spiro atoms. The molecule has 1 heterocycles. The van der Waals surface area contributed by atoms with Crippen LogP contribution in [0.25, 0.3) is 0 Å². The van der Waals surface area contributed by atoms with Gasteiger partial charge in [-0.2, -0.15) is 0 Å². The molecule has 4 nitrogen and oxygen atoms in total. The molecule has 2 N–H and O–H groups in total. The van der Waals surface area contributed by atoms with Gasteiger partial charge in [-0.1, -0.05) is 27.7 Å². The molecule has 1 aliphatic carbocycles. The van der Waals surface area contributed by atoms with E-state index < -0.39 is 0 Å². The fourth-order valence-electron chi connectivity index (χ4n) is 3.08. The third kappa shape index (κ3) is 2.28. The van der Waals surface area contributed by atoms with Crippen molar-refractivity contribution in [1.29, 1.82) is 0 Å². The van der Waals surface area contributed by atoms with E-state index >= 15 is 0 Å². The van der Waals surface area contributed by atoms with Gasteiger partial charge in [0.1, 0.15) is 0 Å². The Hall–Kier alpha value is -1.58. The van der Waals surface area contributed by atoms with Crippen LogP contribution in [0.3, 0.4) is 0 Å². The van der Waals surface area contributed by atoms with Crippen molar-refractivity contribution in [1.82, 2.24) is 10.3 Å². The fraction of sp³-hybridized carbons (Fsp3) is 0.625. The van der Waals surface area contributed by atoms with E-state index in [-0.39, 0.29) is 16.7 Å². The molecule has 1 aromatic heterocycles. The van der Waals surface area contributed by atoms with Crippen LogP contribution in [0.5, 0.6) is 0 Å². The minimum atomic E-state index is -0.0552. The van der Waals surface area contributed by atoms with Crippen molar-refractivity contribution < 1.29 is 4.79 Å². The first-order chi connectivity index (χ1) is 9.21. The number of carbonyl (C=O) groups excluding carboxylic acids is 1. The summed E-state index contributed by atoms with van der Waals surface area (Å²) in [5.41, 5.74) is 2.91. The van der Waals surface area contributed by atoms with Gasteiger partial charge in [-0.05, 0) is 29.7 Å². The first-order valence-corrected chi connectivity index (χ1v) is 7.14. The molecule has 0 unspecified atom stereocenters. The maximum absolute atomic E-state index is 12.3. The minimum Gasteiger partial charge on any atom is -0.387 e. The van der Waals surface area contributed by atoms with E-state index in [1.807, 2.05) is 20.0 Å². The van der Waals surface area contributed by atoms with Crippen LogP contribution in [0.1, 0.15) is 43.7 Å². The molecule has 0 atom stereocenters. The zero-order valence-corrected chi connectivity index (χ0v) is 13.3. The summed E-state index contributed by atoms with van der Waals surface area (Å²) in [6.45, 7) is 11.7. The van der Waals surface area contributed by atoms with E-state index in [9.17, 15) is 4.79 Å². The van der Waals surface area contributed by atoms with Crippen LogP contribution in [-0.4, -0.2) is 24.5 Å². The molecule has 4 heteroatoms.